The fourth-order valence-corrected chi connectivity index (χ4v) is 10.1. The second-order valence-electron chi connectivity index (χ2n) is 14.2. The van der Waals surface area contributed by atoms with Crippen molar-refractivity contribution in [3.05, 3.63) is 33.5 Å². The molecule has 2 aliphatic heterocycles. The summed E-state index contributed by atoms with van der Waals surface area (Å²) in [6, 6.07) is 2.74. The van der Waals surface area contributed by atoms with Crippen LogP contribution < -0.4 is 10.6 Å². The fourth-order valence-electron chi connectivity index (χ4n) is 8.96. The molecule has 4 aromatic rings. The lowest BCUT2D eigenvalue weighted by Crippen LogP contribution is -2.51. The van der Waals surface area contributed by atoms with Crippen LogP contribution in [0.4, 0.5) is 15.2 Å². The third-order valence-corrected chi connectivity index (χ3v) is 12.0. The molecule has 46 heavy (non-hydrogen) atoms. The van der Waals surface area contributed by atoms with E-state index in [-0.39, 0.29) is 25.6 Å². The summed E-state index contributed by atoms with van der Waals surface area (Å²) >= 11 is 1.52. The van der Waals surface area contributed by atoms with Gasteiger partial charge in [-0.2, -0.15) is 10.4 Å². The number of halogens is 1. The van der Waals surface area contributed by atoms with Crippen LogP contribution in [0.15, 0.2) is 10.7 Å². The number of fused-ring (bicyclic) bond motifs is 5. The molecule has 2 aliphatic carbocycles. The number of aryl methyl sites for hydroxylation is 1. The summed E-state index contributed by atoms with van der Waals surface area (Å²) in [6.45, 7) is 5.24. The summed E-state index contributed by atoms with van der Waals surface area (Å²) in [7, 11) is 2.15. The van der Waals surface area contributed by atoms with Gasteiger partial charge >= 0.3 is 0 Å². The third-order valence-electron chi connectivity index (χ3n) is 10.9. The second-order valence-corrected chi connectivity index (χ2v) is 15.3. The van der Waals surface area contributed by atoms with Gasteiger partial charge in [0, 0.05) is 29.4 Å². The lowest BCUT2D eigenvalue weighted by atomic mass is 9.63. The molecule has 13 heteroatoms. The number of nitriles is 1. The number of aromatic nitrogens is 5. The summed E-state index contributed by atoms with van der Waals surface area (Å²) in [5.74, 6) is 1.73. The van der Waals surface area contributed by atoms with Crippen molar-refractivity contribution < 1.29 is 14.0 Å². The predicted molar refractivity (Wildman–Crippen MR) is 174 cm³/mol. The average molecular weight is 646 g/mol. The molecule has 3 N–H and O–H groups in total. The van der Waals surface area contributed by atoms with Crippen LogP contribution in [0.5, 0.6) is 0 Å². The van der Waals surface area contributed by atoms with Crippen molar-refractivity contribution in [1.29, 1.82) is 5.26 Å². The molecular formula is C33H40FN9O2S. The van der Waals surface area contributed by atoms with E-state index < -0.39 is 17.2 Å². The van der Waals surface area contributed by atoms with E-state index >= 15 is 4.39 Å². The predicted octanol–water partition coefficient (Wildman–Crippen LogP) is 4.91. The minimum absolute atomic E-state index is 0.0441. The highest BCUT2D eigenvalue weighted by Crippen LogP contribution is 2.55. The van der Waals surface area contributed by atoms with Crippen LogP contribution in [0.3, 0.4) is 0 Å². The summed E-state index contributed by atoms with van der Waals surface area (Å²) in [5.41, 5.74) is 8.47. The minimum atomic E-state index is -1.20. The second kappa shape index (κ2) is 10.7. The normalized spacial score (nSPS) is 28.8. The van der Waals surface area contributed by atoms with E-state index in [1.807, 2.05) is 9.58 Å². The maximum atomic E-state index is 15.1. The molecule has 2 fully saturated rings. The number of likely N-dealkylation sites (N-methyl/N-ethyl adjacent to an activating group) is 1. The number of likely N-dealkylation sites (tertiary alicyclic amines) is 1. The van der Waals surface area contributed by atoms with Crippen molar-refractivity contribution >= 4 is 33.2 Å². The monoisotopic (exact) mass is 645 g/mol. The fraction of sp³-hybridized carbons (Fsp3) is 0.606. The smallest absolute Gasteiger partial charge is 0.186 e. The Labute approximate surface area is 271 Å². The van der Waals surface area contributed by atoms with Gasteiger partial charge in [-0.05, 0) is 84.4 Å². The Morgan fingerprint density at radius 1 is 1.24 bits per heavy atom. The molecule has 5 atom stereocenters. The molecule has 8 rings (SSSR count). The highest BCUT2D eigenvalue weighted by Gasteiger charge is 2.49. The number of alkyl halides is 1. The van der Waals surface area contributed by atoms with E-state index in [0.29, 0.717) is 39.6 Å². The van der Waals surface area contributed by atoms with Gasteiger partial charge in [0.25, 0.3) is 0 Å². The summed E-state index contributed by atoms with van der Waals surface area (Å²) in [6.07, 6.45) is 8.10. The Morgan fingerprint density at radius 3 is 2.78 bits per heavy atom. The Bertz CT molecular complexity index is 1870. The summed E-state index contributed by atoms with van der Waals surface area (Å²) in [5, 5.41) is 31.9. The number of thiophene rings is 1. The molecule has 0 saturated carbocycles. The van der Waals surface area contributed by atoms with Crippen molar-refractivity contribution in [3.63, 3.8) is 0 Å². The lowest BCUT2D eigenvalue weighted by Gasteiger charge is -2.39. The first-order valence-electron chi connectivity index (χ1n) is 16.5. The number of anilines is 2. The first kappa shape index (κ1) is 29.8. The lowest BCUT2D eigenvalue weighted by molar-refractivity contribution is 0.0165. The van der Waals surface area contributed by atoms with Crippen LogP contribution >= 0.6 is 11.3 Å². The van der Waals surface area contributed by atoms with Crippen molar-refractivity contribution in [2.75, 3.05) is 37.3 Å². The number of rotatable bonds is 4. The quantitative estimate of drug-likeness (QED) is 0.314. The van der Waals surface area contributed by atoms with Gasteiger partial charge < -0.3 is 25.2 Å². The third kappa shape index (κ3) is 4.47. The van der Waals surface area contributed by atoms with E-state index in [9.17, 15) is 10.4 Å². The number of nitrogens with two attached hydrogens (primary N) is 1. The topological polar surface area (TPSA) is 146 Å². The Kier molecular flexibility index (Phi) is 6.94. The molecule has 2 saturated heterocycles. The van der Waals surface area contributed by atoms with Gasteiger partial charge in [0.15, 0.2) is 22.9 Å². The number of nitrogens with zero attached hydrogens (tertiary/aromatic N) is 8. The van der Waals surface area contributed by atoms with Gasteiger partial charge in [0.05, 0.1) is 40.7 Å². The molecule has 0 radical (unpaired) electrons. The van der Waals surface area contributed by atoms with Crippen molar-refractivity contribution in [2.24, 2.45) is 0 Å². The first-order chi connectivity index (χ1) is 22.1. The average Bonchev–Trinajstić information content (AvgIpc) is 3.80. The molecule has 6 heterocycles. The molecule has 5 unspecified atom stereocenters. The minimum Gasteiger partial charge on any atom is -0.389 e. The van der Waals surface area contributed by atoms with Crippen molar-refractivity contribution in [3.8, 4) is 17.6 Å². The Morgan fingerprint density at radius 2 is 2.04 bits per heavy atom. The maximum absolute atomic E-state index is 15.1. The van der Waals surface area contributed by atoms with E-state index in [2.05, 4.69) is 30.1 Å². The Hall–Kier alpha value is -3.60. The number of piperidine rings is 1. The van der Waals surface area contributed by atoms with Gasteiger partial charge in [-0.1, -0.05) is 5.16 Å². The summed E-state index contributed by atoms with van der Waals surface area (Å²) in [4.78, 5) is 15.5. The van der Waals surface area contributed by atoms with Crippen LogP contribution in [0.2, 0.25) is 0 Å². The van der Waals surface area contributed by atoms with Crippen LogP contribution in [0.25, 0.3) is 22.6 Å². The highest BCUT2D eigenvalue weighted by molar-refractivity contribution is 7.16. The molecule has 0 aromatic carbocycles. The van der Waals surface area contributed by atoms with Crippen LogP contribution in [0.1, 0.15) is 92.2 Å². The van der Waals surface area contributed by atoms with Crippen molar-refractivity contribution in [2.45, 2.75) is 101 Å². The molecular weight excluding hydrogens is 605 g/mol. The maximum Gasteiger partial charge on any atom is 0.186 e. The van der Waals surface area contributed by atoms with E-state index in [0.717, 1.165) is 80.2 Å². The Balaban J connectivity index is 1.30. The standard InChI is InChI=1S/C33H40FN9O2S/c1-18(23-8-6-12-41(23)3)43-31-22(15-37-43)30(42-16-19(34)13-32(2,44)17-42)38-29(39-31)26-20-7-4-10-33(27(20)45-40-26)11-5-9-24-25(33)21(14-35)28(36)46-24/h15,18-19,23,44H,4-13,16-17,36H2,1-3H3. The molecule has 1 spiro atoms. The zero-order valence-electron chi connectivity index (χ0n) is 26.6. The molecule has 4 aliphatic rings. The molecule has 0 amide bonds. The largest absolute Gasteiger partial charge is 0.389 e. The van der Waals surface area contributed by atoms with Gasteiger partial charge in [0.1, 0.15) is 23.1 Å². The van der Waals surface area contributed by atoms with Gasteiger partial charge in [0.2, 0.25) is 0 Å². The van der Waals surface area contributed by atoms with Crippen LogP contribution in [-0.2, 0) is 18.3 Å². The van der Waals surface area contributed by atoms with Crippen LogP contribution in [0, 0.1) is 11.3 Å². The van der Waals surface area contributed by atoms with Gasteiger partial charge in [-0.3, -0.25) is 0 Å². The number of hydrogen-bond donors (Lipinski definition) is 2. The molecule has 242 valence electrons. The van der Waals surface area contributed by atoms with E-state index in [4.69, 9.17) is 25.3 Å². The SMILES string of the molecule is CC(C1CCCN1C)n1ncc2c(N3CC(F)CC(C)(O)C3)nc(-c3noc4c3CCCC43CCCc4sc(N)c(C#N)c43)nc21. The first-order valence-corrected chi connectivity index (χ1v) is 17.3. The number of nitrogen functional groups attached to an aromatic ring is 1. The zero-order chi connectivity index (χ0) is 32.0. The van der Waals surface area contributed by atoms with Crippen LogP contribution in [-0.4, -0.2) is 79.4 Å². The van der Waals surface area contributed by atoms with E-state index in [1.165, 1.54) is 16.2 Å². The van der Waals surface area contributed by atoms with Crippen molar-refractivity contribution in [1.82, 2.24) is 29.8 Å². The molecule has 0 bridgehead atoms. The number of aliphatic hydroxyl groups is 1. The van der Waals surface area contributed by atoms with Gasteiger partial charge in [-0.15, -0.1) is 11.3 Å². The van der Waals surface area contributed by atoms with E-state index in [1.54, 1.807) is 13.1 Å². The number of β-amino-alcohol motifs (C(OH)–C–C–N with tert-alkyl or cyclic N) is 1. The molecule has 11 nitrogen and oxygen atoms in total. The number of hydrogen-bond acceptors (Lipinski definition) is 11. The van der Waals surface area contributed by atoms with Gasteiger partial charge in [-0.25, -0.2) is 19.0 Å². The highest BCUT2D eigenvalue weighted by atomic mass is 32.1. The zero-order valence-corrected chi connectivity index (χ0v) is 27.4. The molecule has 4 aromatic heterocycles. The summed E-state index contributed by atoms with van der Waals surface area (Å²) < 4.78 is 23.3.